The van der Waals surface area contributed by atoms with E-state index >= 15 is 0 Å². The fraction of sp³-hybridized carbons (Fsp3) is 0.0625. The zero-order valence-electron chi connectivity index (χ0n) is 9.23. The zero-order valence-corrected chi connectivity index (χ0v) is 9.23. The summed E-state index contributed by atoms with van der Waals surface area (Å²) in [7, 11) is 0. The lowest BCUT2D eigenvalue weighted by Gasteiger charge is -2.08. The highest BCUT2D eigenvalue weighted by atomic mass is 16.1. The Hall–Kier alpha value is -2.15. The number of hydrogen-bond acceptors (Lipinski definition) is 1. The fourth-order valence-electron chi connectivity index (χ4n) is 2.88. The molecule has 0 radical (unpaired) electrons. The van der Waals surface area contributed by atoms with Crippen LogP contribution in [0.2, 0.25) is 0 Å². The molecule has 2 aliphatic rings. The van der Waals surface area contributed by atoms with Gasteiger partial charge in [-0.3, -0.25) is 4.79 Å². The van der Waals surface area contributed by atoms with Crippen molar-refractivity contribution in [2.75, 3.05) is 0 Å². The van der Waals surface area contributed by atoms with Gasteiger partial charge in [0.2, 0.25) is 0 Å². The summed E-state index contributed by atoms with van der Waals surface area (Å²) in [6, 6.07) is 12.7. The van der Waals surface area contributed by atoms with Crippen LogP contribution in [0.3, 0.4) is 0 Å². The van der Waals surface area contributed by atoms with Gasteiger partial charge in [0.05, 0.1) is 0 Å². The highest BCUT2D eigenvalue weighted by Crippen LogP contribution is 2.46. The van der Waals surface area contributed by atoms with Crippen molar-refractivity contribution in [3.05, 3.63) is 59.7 Å². The summed E-state index contributed by atoms with van der Waals surface area (Å²) >= 11 is 0. The molecule has 0 saturated carbocycles. The smallest absolute Gasteiger partial charge is 0.160 e. The van der Waals surface area contributed by atoms with Crippen molar-refractivity contribution in [1.29, 1.82) is 0 Å². The number of carbonyl (C=O) groups excluding carboxylic acids is 1. The van der Waals surface area contributed by atoms with E-state index in [1.54, 1.807) is 6.08 Å². The maximum Gasteiger partial charge on any atom is 0.160 e. The van der Waals surface area contributed by atoms with Gasteiger partial charge in [-0.15, -0.1) is 0 Å². The third kappa shape index (κ3) is 1.06. The Morgan fingerprint density at radius 1 is 0.882 bits per heavy atom. The van der Waals surface area contributed by atoms with E-state index in [9.17, 15) is 4.79 Å². The normalized spacial score (nSPS) is 16.8. The van der Waals surface area contributed by atoms with Crippen LogP contribution in [0, 0.1) is 0 Å². The van der Waals surface area contributed by atoms with Crippen LogP contribution in [-0.2, 0) is 4.79 Å². The average Bonchev–Trinajstić information content (AvgIpc) is 2.67. The topological polar surface area (TPSA) is 17.1 Å². The van der Waals surface area contributed by atoms with Gasteiger partial charge in [-0.2, -0.15) is 0 Å². The first-order valence-electron chi connectivity index (χ1n) is 5.82. The third-order valence-corrected chi connectivity index (χ3v) is 3.59. The summed E-state index contributed by atoms with van der Waals surface area (Å²) in [6.45, 7) is 0. The number of allylic oxidation sites excluding steroid dienone is 4. The average molecular weight is 218 g/mol. The molecular weight excluding hydrogens is 208 g/mol. The molecule has 0 saturated heterocycles. The van der Waals surface area contributed by atoms with Crippen molar-refractivity contribution >= 4 is 27.7 Å². The van der Waals surface area contributed by atoms with Crippen molar-refractivity contribution in [1.82, 2.24) is 0 Å². The van der Waals surface area contributed by atoms with E-state index in [4.69, 9.17) is 0 Å². The molecule has 0 spiro atoms. The first-order valence-corrected chi connectivity index (χ1v) is 5.82. The lowest BCUT2D eigenvalue weighted by molar-refractivity contribution is -0.113. The van der Waals surface area contributed by atoms with E-state index in [1.807, 2.05) is 0 Å². The van der Waals surface area contributed by atoms with Gasteiger partial charge >= 0.3 is 0 Å². The summed E-state index contributed by atoms with van der Waals surface area (Å²) in [5.41, 5.74) is 4.82. The minimum absolute atomic E-state index is 0.202. The summed E-state index contributed by atoms with van der Waals surface area (Å²) < 4.78 is 0. The van der Waals surface area contributed by atoms with Gasteiger partial charge in [-0.1, -0.05) is 42.5 Å². The fourth-order valence-corrected chi connectivity index (χ4v) is 2.88. The summed E-state index contributed by atoms with van der Waals surface area (Å²) in [6.07, 6.45) is 4.39. The minimum atomic E-state index is 0.202. The minimum Gasteiger partial charge on any atom is -0.294 e. The van der Waals surface area contributed by atoms with E-state index < -0.39 is 0 Å². The number of fused-ring (bicyclic) bond motifs is 3. The Morgan fingerprint density at radius 2 is 1.59 bits per heavy atom. The molecule has 2 aromatic rings. The second kappa shape index (κ2) is 2.95. The SMILES string of the molecule is O=C1C=C2C(=CC1)c1cccc3cccc2c13. The van der Waals surface area contributed by atoms with Gasteiger partial charge in [0, 0.05) is 6.42 Å². The van der Waals surface area contributed by atoms with Gasteiger partial charge < -0.3 is 0 Å². The number of ketones is 1. The highest BCUT2D eigenvalue weighted by molar-refractivity contribution is 6.26. The van der Waals surface area contributed by atoms with E-state index in [0.29, 0.717) is 6.42 Å². The van der Waals surface area contributed by atoms with Gasteiger partial charge in [0.1, 0.15) is 0 Å². The maximum absolute atomic E-state index is 11.6. The first-order chi connectivity index (χ1) is 8.34. The van der Waals surface area contributed by atoms with Crippen LogP contribution in [0.4, 0.5) is 0 Å². The standard InChI is InChI=1S/C16H10O/c17-11-7-8-12-13-5-1-3-10-4-2-6-14(16(10)13)15(12)9-11/h1-6,8-9H,7H2. The molecule has 0 atom stereocenters. The molecule has 2 aliphatic carbocycles. The molecule has 80 valence electrons. The van der Waals surface area contributed by atoms with Gasteiger partial charge in [-0.25, -0.2) is 0 Å². The van der Waals surface area contributed by atoms with Crippen molar-refractivity contribution in [3.63, 3.8) is 0 Å². The largest absolute Gasteiger partial charge is 0.294 e. The van der Waals surface area contributed by atoms with E-state index in [0.717, 1.165) is 5.57 Å². The van der Waals surface area contributed by atoms with Gasteiger partial charge in [-0.05, 0) is 39.1 Å². The Morgan fingerprint density at radius 3 is 2.35 bits per heavy atom. The lowest BCUT2D eigenvalue weighted by Crippen LogP contribution is -1.98. The number of carbonyl (C=O) groups is 1. The summed E-state index contributed by atoms with van der Waals surface area (Å²) in [5, 5.41) is 2.55. The predicted molar refractivity (Wildman–Crippen MR) is 69.5 cm³/mol. The zero-order chi connectivity index (χ0) is 11.4. The number of hydrogen-bond donors (Lipinski definition) is 0. The van der Waals surface area contributed by atoms with Crippen molar-refractivity contribution in [2.24, 2.45) is 0 Å². The van der Waals surface area contributed by atoms with Crippen molar-refractivity contribution in [3.8, 4) is 0 Å². The van der Waals surface area contributed by atoms with Crippen LogP contribution in [0.15, 0.2) is 48.6 Å². The second-order valence-electron chi connectivity index (χ2n) is 4.56. The Bertz CT molecular complexity index is 727. The molecule has 1 nitrogen and oxygen atoms in total. The summed E-state index contributed by atoms with van der Waals surface area (Å²) in [4.78, 5) is 11.6. The Kier molecular flexibility index (Phi) is 1.55. The van der Waals surface area contributed by atoms with Crippen LogP contribution in [0.25, 0.3) is 21.9 Å². The van der Waals surface area contributed by atoms with Crippen LogP contribution >= 0.6 is 0 Å². The Balaban J connectivity index is 2.20. The first kappa shape index (κ1) is 8.94. The van der Waals surface area contributed by atoms with Gasteiger partial charge in [0.15, 0.2) is 5.78 Å². The molecular formula is C16H10O. The van der Waals surface area contributed by atoms with Crippen LogP contribution < -0.4 is 0 Å². The molecule has 0 heterocycles. The molecule has 0 unspecified atom stereocenters. The maximum atomic E-state index is 11.6. The predicted octanol–water partition coefficient (Wildman–Crippen LogP) is 3.59. The monoisotopic (exact) mass is 218 g/mol. The molecule has 2 aromatic carbocycles. The van der Waals surface area contributed by atoms with Gasteiger partial charge in [0.25, 0.3) is 0 Å². The molecule has 0 bridgehead atoms. The highest BCUT2D eigenvalue weighted by Gasteiger charge is 2.26. The molecule has 17 heavy (non-hydrogen) atoms. The lowest BCUT2D eigenvalue weighted by atomic mass is 9.95. The number of benzene rings is 2. The molecule has 0 fully saturated rings. The third-order valence-electron chi connectivity index (χ3n) is 3.59. The molecule has 4 rings (SSSR count). The molecule has 0 amide bonds. The molecule has 1 heteroatoms. The van der Waals surface area contributed by atoms with Crippen LogP contribution in [0.1, 0.15) is 17.5 Å². The quantitative estimate of drug-likeness (QED) is 0.660. The molecule has 0 aliphatic heterocycles. The second-order valence-corrected chi connectivity index (χ2v) is 4.56. The molecule has 0 N–H and O–H groups in total. The van der Waals surface area contributed by atoms with Crippen LogP contribution in [0.5, 0.6) is 0 Å². The summed E-state index contributed by atoms with van der Waals surface area (Å²) in [5.74, 6) is 0.202. The van der Waals surface area contributed by atoms with Crippen molar-refractivity contribution < 1.29 is 4.79 Å². The van der Waals surface area contributed by atoms with Crippen molar-refractivity contribution in [2.45, 2.75) is 6.42 Å². The number of rotatable bonds is 0. The van der Waals surface area contributed by atoms with E-state index in [-0.39, 0.29) is 5.78 Å². The van der Waals surface area contributed by atoms with E-state index in [1.165, 1.54) is 27.5 Å². The Labute approximate surface area is 99.1 Å². The van der Waals surface area contributed by atoms with Crippen LogP contribution in [-0.4, -0.2) is 5.78 Å². The molecule has 0 aromatic heterocycles. The van der Waals surface area contributed by atoms with E-state index in [2.05, 4.69) is 42.5 Å².